The van der Waals surface area contributed by atoms with Crippen molar-refractivity contribution in [1.82, 2.24) is 9.62 Å². The molecule has 0 aromatic heterocycles. The molecule has 2 aliphatic heterocycles. The molecule has 2 aromatic rings. The first-order valence-electron chi connectivity index (χ1n) is 9.23. The Balaban J connectivity index is 1.57. The van der Waals surface area contributed by atoms with Gasteiger partial charge in [-0.25, -0.2) is 0 Å². The quantitative estimate of drug-likeness (QED) is 0.753. The van der Waals surface area contributed by atoms with Crippen LogP contribution in [0.25, 0.3) is 0 Å². The number of amides is 1. The number of nitrogens with zero attached hydrogens (tertiary/aromatic N) is 1. The van der Waals surface area contributed by atoms with E-state index in [9.17, 15) is 13.6 Å². The van der Waals surface area contributed by atoms with Crippen molar-refractivity contribution in [2.24, 2.45) is 0 Å². The summed E-state index contributed by atoms with van der Waals surface area (Å²) in [4.78, 5) is 14.9. The topological polar surface area (TPSA) is 93.7 Å². The first-order valence-corrected chi connectivity index (χ1v) is 10.7. The number of rotatable bonds is 2. The second-order valence-corrected chi connectivity index (χ2v) is 8.95. The van der Waals surface area contributed by atoms with E-state index in [-0.39, 0.29) is 10.8 Å². The smallest absolute Gasteiger partial charge is 0.253 e. The van der Waals surface area contributed by atoms with E-state index in [0.717, 1.165) is 6.42 Å². The minimum absolute atomic E-state index is 0.109. The third-order valence-corrected chi connectivity index (χ3v) is 6.98. The molecule has 148 valence electrons. The molecule has 2 aliphatic rings. The van der Waals surface area contributed by atoms with Gasteiger partial charge < -0.3 is 19.5 Å². The van der Waals surface area contributed by atoms with Crippen LogP contribution in [0.1, 0.15) is 23.2 Å². The normalized spacial score (nSPS) is 26.9. The number of benzene rings is 2. The van der Waals surface area contributed by atoms with Crippen molar-refractivity contribution >= 4 is 22.0 Å². The number of para-hydroxylation sites is 1. The SMILES string of the molecule is COc1ccc(C(=O)N2CCCC3(CNc4ccccc4[S+](=O)([O-])N3)C2)cc1. The summed E-state index contributed by atoms with van der Waals surface area (Å²) in [5.74, 6) is 0.577. The lowest BCUT2D eigenvalue weighted by Gasteiger charge is -2.42. The molecule has 2 N–H and O–H groups in total. The standard InChI is InChI=1S/C20H23N3O4S/c1-27-16-9-7-15(8-10-16)19(24)23-12-4-11-20(14-23)13-21-17-5-2-3-6-18(17)28(25,26)22-20/h2-3,5-10H,4,11-14H2,1H3,(H2-,21,22,25,26). The van der Waals surface area contributed by atoms with Gasteiger partial charge in [0.15, 0.2) is 15.3 Å². The molecule has 28 heavy (non-hydrogen) atoms. The number of likely N-dealkylation sites (tertiary alicyclic amines) is 1. The minimum atomic E-state index is -3.68. The highest BCUT2D eigenvalue weighted by molar-refractivity contribution is 7.96. The van der Waals surface area contributed by atoms with Crippen LogP contribution >= 0.6 is 0 Å². The number of sulfonamides is 1. The highest BCUT2D eigenvalue weighted by Gasteiger charge is 2.45. The summed E-state index contributed by atoms with van der Waals surface area (Å²) < 4.78 is 33.8. The fraction of sp³-hybridized carbons (Fsp3) is 0.350. The molecule has 2 unspecified atom stereocenters. The zero-order valence-electron chi connectivity index (χ0n) is 15.6. The van der Waals surface area contributed by atoms with Gasteiger partial charge in [0.05, 0.1) is 18.3 Å². The highest BCUT2D eigenvalue weighted by atomic mass is 32.3. The van der Waals surface area contributed by atoms with Crippen LogP contribution in [0.5, 0.6) is 5.75 Å². The molecule has 8 heteroatoms. The van der Waals surface area contributed by atoms with Gasteiger partial charge in [0, 0.05) is 25.2 Å². The van der Waals surface area contributed by atoms with E-state index in [0.29, 0.717) is 43.1 Å². The Hall–Kier alpha value is -2.42. The van der Waals surface area contributed by atoms with Crippen molar-refractivity contribution in [2.45, 2.75) is 23.3 Å². The van der Waals surface area contributed by atoms with Gasteiger partial charge in [-0.2, -0.15) is 0 Å². The molecular formula is C20H23N3O4S. The van der Waals surface area contributed by atoms with Crippen LogP contribution in [-0.2, 0) is 14.6 Å². The average Bonchev–Trinajstić information content (AvgIpc) is 2.82. The van der Waals surface area contributed by atoms with Gasteiger partial charge in [0.2, 0.25) is 0 Å². The van der Waals surface area contributed by atoms with Crippen molar-refractivity contribution < 1.29 is 18.3 Å². The van der Waals surface area contributed by atoms with Crippen LogP contribution < -0.4 is 14.8 Å². The number of hydrogen-bond acceptors (Lipinski definition) is 5. The highest BCUT2D eigenvalue weighted by Crippen LogP contribution is 2.33. The van der Waals surface area contributed by atoms with Crippen LogP contribution in [0.3, 0.4) is 0 Å². The molecule has 1 amide bonds. The second-order valence-electron chi connectivity index (χ2n) is 7.29. The number of nitrogens with one attached hydrogen (secondary N) is 2. The molecule has 0 bridgehead atoms. The van der Waals surface area contributed by atoms with Crippen LogP contribution in [0, 0.1) is 0 Å². The zero-order chi connectivity index (χ0) is 19.8. The van der Waals surface area contributed by atoms with E-state index in [2.05, 4.69) is 10.0 Å². The summed E-state index contributed by atoms with van der Waals surface area (Å²) >= 11 is 0. The Morgan fingerprint density at radius 3 is 2.71 bits per heavy atom. The van der Waals surface area contributed by atoms with Gasteiger partial charge in [0.1, 0.15) is 5.75 Å². The zero-order valence-corrected chi connectivity index (χ0v) is 16.5. The Bertz CT molecular complexity index is 933. The Labute approximate surface area is 165 Å². The number of carbonyl (C=O) groups is 1. The number of hydrogen-bond donors (Lipinski definition) is 2. The fourth-order valence-electron chi connectivity index (χ4n) is 3.94. The van der Waals surface area contributed by atoms with Crippen molar-refractivity contribution in [2.75, 3.05) is 32.1 Å². The second kappa shape index (κ2) is 7.20. The first-order chi connectivity index (χ1) is 13.4. The molecule has 1 fully saturated rings. The van der Waals surface area contributed by atoms with E-state index < -0.39 is 15.9 Å². The molecule has 2 atom stereocenters. The monoisotopic (exact) mass is 401 g/mol. The Morgan fingerprint density at radius 1 is 1.21 bits per heavy atom. The summed E-state index contributed by atoms with van der Waals surface area (Å²) in [6.45, 7) is 1.34. The van der Waals surface area contributed by atoms with Crippen LogP contribution in [-0.4, -0.2) is 47.6 Å². The molecule has 1 saturated heterocycles. The number of ether oxygens (including phenoxy) is 1. The van der Waals surface area contributed by atoms with Crippen LogP contribution in [0.4, 0.5) is 5.69 Å². The molecular weight excluding hydrogens is 378 g/mol. The van der Waals surface area contributed by atoms with E-state index in [1.165, 1.54) is 0 Å². The van der Waals surface area contributed by atoms with E-state index in [1.807, 2.05) is 0 Å². The largest absolute Gasteiger partial charge is 0.593 e. The maximum atomic E-state index is 13.0. The third-order valence-electron chi connectivity index (χ3n) is 5.35. The van der Waals surface area contributed by atoms with Crippen molar-refractivity contribution in [3.63, 3.8) is 0 Å². The van der Waals surface area contributed by atoms with Crippen molar-refractivity contribution in [1.29, 1.82) is 0 Å². The maximum absolute atomic E-state index is 13.0. The summed E-state index contributed by atoms with van der Waals surface area (Å²) in [6, 6.07) is 13.8. The van der Waals surface area contributed by atoms with E-state index in [1.54, 1.807) is 60.5 Å². The van der Waals surface area contributed by atoms with Gasteiger partial charge in [-0.05, 0) is 49.2 Å². The molecule has 4 rings (SSSR count). The lowest BCUT2D eigenvalue weighted by Crippen LogP contribution is -2.63. The van der Waals surface area contributed by atoms with Gasteiger partial charge >= 0.3 is 0 Å². The van der Waals surface area contributed by atoms with Crippen LogP contribution in [0.2, 0.25) is 0 Å². The maximum Gasteiger partial charge on any atom is 0.253 e. The van der Waals surface area contributed by atoms with Crippen LogP contribution in [0.15, 0.2) is 53.4 Å². The average molecular weight is 401 g/mol. The molecule has 0 aliphatic carbocycles. The molecule has 2 heterocycles. The van der Waals surface area contributed by atoms with Gasteiger partial charge in [-0.15, -0.1) is 4.72 Å². The number of carbonyl (C=O) groups excluding carboxylic acids is 1. The van der Waals surface area contributed by atoms with Gasteiger partial charge in [0.25, 0.3) is 5.91 Å². The molecule has 2 aromatic carbocycles. The molecule has 1 spiro atoms. The van der Waals surface area contributed by atoms with E-state index in [4.69, 9.17) is 4.74 Å². The number of methoxy groups -OCH3 is 1. The third kappa shape index (κ3) is 3.50. The van der Waals surface area contributed by atoms with Gasteiger partial charge in [-0.3, -0.25) is 4.79 Å². The lowest BCUT2D eigenvalue weighted by atomic mass is 9.89. The molecule has 0 radical (unpaired) electrons. The molecule has 7 nitrogen and oxygen atoms in total. The lowest BCUT2D eigenvalue weighted by molar-refractivity contribution is 0.0636. The summed E-state index contributed by atoms with van der Waals surface area (Å²) in [6.07, 6.45) is 1.39. The number of anilines is 1. The van der Waals surface area contributed by atoms with E-state index >= 15 is 0 Å². The summed E-state index contributed by atoms with van der Waals surface area (Å²) in [5.41, 5.74) is 0.411. The number of piperidine rings is 1. The summed E-state index contributed by atoms with van der Waals surface area (Å²) in [7, 11) is -2.10. The fourth-order valence-corrected chi connectivity index (χ4v) is 5.54. The minimum Gasteiger partial charge on any atom is -0.593 e. The predicted molar refractivity (Wildman–Crippen MR) is 106 cm³/mol. The summed E-state index contributed by atoms with van der Waals surface area (Å²) in [5, 5.41) is 3.26. The number of fused-ring (bicyclic) bond motifs is 1. The van der Waals surface area contributed by atoms with Crippen molar-refractivity contribution in [3.8, 4) is 5.75 Å². The molecule has 0 saturated carbocycles. The Kier molecular flexibility index (Phi) is 4.86. The van der Waals surface area contributed by atoms with Crippen molar-refractivity contribution in [3.05, 3.63) is 54.1 Å². The predicted octanol–water partition coefficient (Wildman–Crippen LogP) is 2.29. The van der Waals surface area contributed by atoms with Gasteiger partial charge in [-0.1, -0.05) is 16.3 Å². The Morgan fingerprint density at radius 2 is 1.96 bits per heavy atom. The first kappa shape index (κ1) is 18.9.